The van der Waals surface area contributed by atoms with E-state index in [0.29, 0.717) is 37.1 Å². The number of hydrogen-bond donors (Lipinski definition) is 1. The van der Waals surface area contributed by atoms with Crippen LogP contribution in [0.25, 0.3) is 0 Å². The summed E-state index contributed by atoms with van der Waals surface area (Å²) in [5.41, 5.74) is 0.957. The molecule has 0 unspecified atom stereocenters. The van der Waals surface area contributed by atoms with Crippen LogP contribution in [0.2, 0.25) is 0 Å². The molecule has 2 heterocycles. The van der Waals surface area contributed by atoms with Crippen LogP contribution in [0.3, 0.4) is 0 Å². The van der Waals surface area contributed by atoms with Gasteiger partial charge in [-0.2, -0.15) is 0 Å². The maximum atomic E-state index is 12.2. The molecule has 1 fully saturated rings. The van der Waals surface area contributed by atoms with Crippen molar-refractivity contribution in [1.29, 1.82) is 0 Å². The first-order valence-corrected chi connectivity index (χ1v) is 8.12. The standard InChI is InChI=1S/C17H22N2O4/c20-16-14-3-1-2-4-15(14)17(21)19(16)9-10-22-11-12-23-13-5-7-18-8-6-13/h1-4,13,18H,5-12H2. The van der Waals surface area contributed by atoms with Crippen molar-refractivity contribution in [3.63, 3.8) is 0 Å². The van der Waals surface area contributed by atoms with Crippen LogP contribution in [0.4, 0.5) is 0 Å². The van der Waals surface area contributed by atoms with E-state index in [9.17, 15) is 9.59 Å². The Morgan fingerprint density at radius 2 is 1.65 bits per heavy atom. The highest BCUT2D eigenvalue weighted by atomic mass is 16.5. The molecule has 0 saturated carbocycles. The lowest BCUT2D eigenvalue weighted by molar-refractivity contribution is -0.00919. The minimum atomic E-state index is -0.236. The van der Waals surface area contributed by atoms with Gasteiger partial charge in [0.05, 0.1) is 43.6 Å². The zero-order valence-corrected chi connectivity index (χ0v) is 13.1. The Hall–Kier alpha value is -1.76. The van der Waals surface area contributed by atoms with Crippen LogP contribution in [0.1, 0.15) is 33.6 Å². The summed E-state index contributed by atoms with van der Waals surface area (Å²) in [4.78, 5) is 25.6. The molecule has 1 aromatic rings. The molecule has 6 nitrogen and oxygen atoms in total. The van der Waals surface area contributed by atoms with Gasteiger partial charge in [-0.1, -0.05) is 12.1 Å². The number of carbonyl (C=O) groups is 2. The monoisotopic (exact) mass is 318 g/mol. The Kier molecular flexibility index (Phi) is 5.38. The Labute approximate surface area is 135 Å². The molecule has 1 N–H and O–H groups in total. The Morgan fingerprint density at radius 1 is 1.00 bits per heavy atom. The summed E-state index contributed by atoms with van der Waals surface area (Å²) in [5.74, 6) is -0.472. The number of imide groups is 1. The third kappa shape index (κ3) is 3.77. The van der Waals surface area contributed by atoms with Crippen molar-refractivity contribution < 1.29 is 19.1 Å². The zero-order valence-electron chi connectivity index (χ0n) is 13.1. The number of ether oxygens (including phenoxy) is 2. The molecule has 1 aromatic carbocycles. The van der Waals surface area contributed by atoms with Gasteiger partial charge in [-0.05, 0) is 38.1 Å². The zero-order chi connectivity index (χ0) is 16.1. The van der Waals surface area contributed by atoms with Gasteiger partial charge >= 0.3 is 0 Å². The van der Waals surface area contributed by atoms with Crippen molar-refractivity contribution in [1.82, 2.24) is 10.2 Å². The predicted octanol–water partition coefficient (Wildman–Crippen LogP) is 1.07. The number of nitrogens with zero attached hydrogens (tertiary/aromatic N) is 1. The van der Waals surface area contributed by atoms with Crippen LogP contribution in [0.5, 0.6) is 0 Å². The Morgan fingerprint density at radius 3 is 2.30 bits per heavy atom. The number of carbonyl (C=O) groups excluding carboxylic acids is 2. The van der Waals surface area contributed by atoms with Gasteiger partial charge in [0.15, 0.2) is 0 Å². The molecule has 2 aliphatic heterocycles. The van der Waals surface area contributed by atoms with Crippen molar-refractivity contribution in [3.8, 4) is 0 Å². The molecule has 1 saturated heterocycles. The summed E-state index contributed by atoms with van der Waals surface area (Å²) in [7, 11) is 0. The van der Waals surface area contributed by atoms with Crippen LogP contribution in [0.15, 0.2) is 24.3 Å². The minimum absolute atomic E-state index is 0.236. The van der Waals surface area contributed by atoms with Crippen LogP contribution in [-0.2, 0) is 9.47 Å². The predicted molar refractivity (Wildman–Crippen MR) is 84.5 cm³/mol. The van der Waals surface area contributed by atoms with Gasteiger partial charge in [0.2, 0.25) is 0 Å². The highest BCUT2D eigenvalue weighted by molar-refractivity contribution is 6.21. The number of amides is 2. The van der Waals surface area contributed by atoms with Crippen LogP contribution >= 0.6 is 0 Å². The molecule has 0 bridgehead atoms. The summed E-state index contributed by atoms with van der Waals surface area (Å²) in [6, 6.07) is 6.90. The van der Waals surface area contributed by atoms with E-state index in [2.05, 4.69) is 5.32 Å². The van der Waals surface area contributed by atoms with Crippen LogP contribution in [0, 0.1) is 0 Å². The SMILES string of the molecule is O=C1c2ccccc2C(=O)N1CCOCCOC1CCNCC1. The molecule has 0 radical (unpaired) electrons. The molecular weight excluding hydrogens is 296 g/mol. The molecule has 0 atom stereocenters. The first-order valence-electron chi connectivity index (χ1n) is 8.12. The van der Waals surface area contributed by atoms with Crippen molar-refractivity contribution in [2.24, 2.45) is 0 Å². The molecule has 0 aliphatic carbocycles. The van der Waals surface area contributed by atoms with E-state index in [1.165, 1.54) is 4.90 Å². The third-order valence-corrected chi connectivity index (χ3v) is 4.20. The summed E-state index contributed by atoms with van der Waals surface area (Å²) < 4.78 is 11.2. The molecule has 0 spiro atoms. The smallest absolute Gasteiger partial charge is 0.261 e. The van der Waals surface area contributed by atoms with E-state index in [0.717, 1.165) is 25.9 Å². The molecule has 3 rings (SSSR count). The lowest BCUT2D eigenvalue weighted by atomic mass is 10.1. The van der Waals surface area contributed by atoms with Crippen molar-refractivity contribution >= 4 is 11.8 Å². The van der Waals surface area contributed by atoms with Gasteiger partial charge in [-0.15, -0.1) is 0 Å². The fourth-order valence-electron chi connectivity index (χ4n) is 2.94. The second kappa shape index (κ2) is 7.68. The van der Waals surface area contributed by atoms with Crippen molar-refractivity contribution in [2.75, 3.05) is 39.5 Å². The van der Waals surface area contributed by atoms with Gasteiger partial charge in [-0.3, -0.25) is 14.5 Å². The van der Waals surface area contributed by atoms with Crippen molar-refractivity contribution in [3.05, 3.63) is 35.4 Å². The fraction of sp³-hybridized carbons (Fsp3) is 0.529. The maximum absolute atomic E-state index is 12.2. The molecule has 2 amide bonds. The van der Waals surface area contributed by atoms with Gasteiger partial charge in [0, 0.05) is 0 Å². The maximum Gasteiger partial charge on any atom is 0.261 e. The average Bonchev–Trinajstić information content (AvgIpc) is 2.84. The number of rotatable bonds is 7. The highest BCUT2D eigenvalue weighted by Crippen LogP contribution is 2.21. The molecule has 0 aromatic heterocycles. The highest BCUT2D eigenvalue weighted by Gasteiger charge is 2.34. The summed E-state index contributed by atoms with van der Waals surface area (Å²) >= 11 is 0. The van der Waals surface area contributed by atoms with E-state index in [-0.39, 0.29) is 18.4 Å². The van der Waals surface area contributed by atoms with Crippen LogP contribution < -0.4 is 5.32 Å². The van der Waals surface area contributed by atoms with E-state index >= 15 is 0 Å². The molecule has 23 heavy (non-hydrogen) atoms. The topological polar surface area (TPSA) is 67.9 Å². The van der Waals surface area contributed by atoms with E-state index in [1.54, 1.807) is 24.3 Å². The van der Waals surface area contributed by atoms with E-state index in [4.69, 9.17) is 9.47 Å². The summed E-state index contributed by atoms with van der Waals surface area (Å²) in [6.45, 7) is 3.65. The first kappa shape index (κ1) is 16.1. The molecule has 124 valence electrons. The van der Waals surface area contributed by atoms with Gasteiger partial charge < -0.3 is 14.8 Å². The molecular formula is C17H22N2O4. The third-order valence-electron chi connectivity index (χ3n) is 4.20. The fourth-order valence-corrected chi connectivity index (χ4v) is 2.94. The lowest BCUT2D eigenvalue weighted by Crippen LogP contribution is -2.34. The minimum Gasteiger partial charge on any atom is -0.377 e. The average molecular weight is 318 g/mol. The summed E-state index contributed by atoms with van der Waals surface area (Å²) in [6.07, 6.45) is 2.39. The Balaban J connectivity index is 1.35. The van der Waals surface area contributed by atoms with Gasteiger partial charge in [0.25, 0.3) is 11.8 Å². The van der Waals surface area contributed by atoms with E-state index in [1.807, 2.05) is 0 Å². The van der Waals surface area contributed by atoms with E-state index < -0.39 is 0 Å². The van der Waals surface area contributed by atoms with Crippen molar-refractivity contribution in [2.45, 2.75) is 18.9 Å². The lowest BCUT2D eigenvalue weighted by Gasteiger charge is -2.22. The number of piperidine rings is 1. The largest absolute Gasteiger partial charge is 0.377 e. The first-order chi connectivity index (χ1) is 11.3. The normalized spacial score (nSPS) is 18.5. The molecule has 2 aliphatic rings. The molecule has 6 heteroatoms. The van der Waals surface area contributed by atoms with Crippen LogP contribution in [-0.4, -0.2) is 62.3 Å². The quantitative estimate of drug-likeness (QED) is 0.602. The summed E-state index contributed by atoms with van der Waals surface area (Å²) in [5, 5.41) is 3.29. The second-order valence-corrected chi connectivity index (χ2v) is 5.74. The van der Waals surface area contributed by atoms with Gasteiger partial charge in [0.1, 0.15) is 0 Å². The number of nitrogens with one attached hydrogen (secondary N) is 1. The number of benzene rings is 1. The van der Waals surface area contributed by atoms with Gasteiger partial charge in [-0.25, -0.2) is 0 Å². The number of fused-ring (bicyclic) bond motifs is 1. The Bertz CT molecular complexity index is 534. The number of hydrogen-bond acceptors (Lipinski definition) is 5. The second-order valence-electron chi connectivity index (χ2n) is 5.74.